The van der Waals surface area contributed by atoms with Crippen LogP contribution < -0.4 is 9.47 Å². The van der Waals surface area contributed by atoms with Crippen LogP contribution in [-0.2, 0) is 12.8 Å². The zero-order chi connectivity index (χ0) is 15.5. The van der Waals surface area contributed by atoms with Gasteiger partial charge in [0.05, 0.1) is 5.56 Å². The lowest BCUT2D eigenvalue weighted by Gasteiger charge is -2.15. The van der Waals surface area contributed by atoms with E-state index in [0.29, 0.717) is 0 Å². The smallest absolute Gasteiger partial charge is 0.416 e. The van der Waals surface area contributed by atoms with Gasteiger partial charge in [0.25, 0.3) is 6.26 Å². The molecule has 0 bridgehead atoms. The summed E-state index contributed by atoms with van der Waals surface area (Å²) in [5.74, 6) is -0.109. The maximum Gasteiger partial charge on any atom is 0.416 e. The molecule has 1 aromatic heterocycles. The Morgan fingerprint density at radius 2 is 2.10 bits per heavy atom. The Labute approximate surface area is 123 Å². The molecule has 0 atom stereocenters. The molecule has 0 spiro atoms. The van der Waals surface area contributed by atoms with Gasteiger partial charge < -0.3 is 9.47 Å². The summed E-state index contributed by atoms with van der Waals surface area (Å²) in [5, 5.41) is 12.3. The van der Waals surface area contributed by atoms with Crippen LogP contribution in [0.4, 0.5) is 13.2 Å². The van der Waals surface area contributed by atoms with Crippen molar-refractivity contribution in [1.82, 2.24) is 9.19 Å². The number of nitrogens with zero attached hydrogens (tertiary/aromatic N) is 3. The van der Waals surface area contributed by atoms with Gasteiger partial charge in [-0.25, -0.2) is 4.09 Å². The van der Waals surface area contributed by atoms with Crippen molar-refractivity contribution >= 4 is 12.8 Å². The van der Waals surface area contributed by atoms with E-state index in [0.717, 1.165) is 16.2 Å². The summed E-state index contributed by atoms with van der Waals surface area (Å²) in [7, 11) is 0. The van der Waals surface area contributed by atoms with Gasteiger partial charge in [-0.2, -0.15) is 13.2 Å². The number of alkyl halides is 3. The van der Waals surface area contributed by atoms with Crippen molar-refractivity contribution in [2.45, 2.75) is 12.8 Å². The number of ether oxygens (including phenoxy) is 2. The van der Waals surface area contributed by atoms with Gasteiger partial charge >= 0.3 is 6.18 Å². The highest BCUT2D eigenvalue weighted by atomic mass is 32.1. The van der Waals surface area contributed by atoms with Crippen LogP contribution >= 0.6 is 12.8 Å². The zero-order valence-corrected chi connectivity index (χ0v) is 11.2. The molecule has 0 fully saturated rings. The minimum atomic E-state index is -4.59. The Balaban J connectivity index is 2.32. The number of hydrogen-bond donors (Lipinski definition) is 1. The van der Waals surface area contributed by atoms with Gasteiger partial charge in [0.2, 0.25) is 5.88 Å². The second-order valence-electron chi connectivity index (χ2n) is 3.84. The fourth-order valence-corrected chi connectivity index (χ4v) is 1.80. The molecular formula is C12H8F3N3O2S. The molecule has 0 N–H and O–H groups in total. The van der Waals surface area contributed by atoms with E-state index < -0.39 is 18.3 Å². The third-order valence-electron chi connectivity index (χ3n) is 2.51. The first-order valence-electron chi connectivity index (χ1n) is 5.54. The molecule has 0 unspecified atom stereocenters. The average Bonchev–Trinajstić information content (AvgIpc) is 2.82. The van der Waals surface area contributed by atoms with Gasteiger partial charge in [-0.15, -0.1) is 10.4 Å². The number of rotatable bonds is 4. The minimum absolute atomic E-state index is 0.102. The Hall–Kier alpha value is -2.34. The summed E-state index contributed by atoms with van der Waals surface area (Å²) < 4.78 is 49.8. The Kier molecular flexibility index (Phi) is 4.28. The van der Waals surface area contributed by atoms with Crippen molar-refractivity contribution in [3.05, 3.63) is 41.6 Å². The maximum absolute atomic E-state index is 13.0. The average molecular weight is 315 g/mol. The van der Waals surface area contributed by atoms with Crippen LogP contribution in [0.3, 0.4) is 0 Å². The predicted octanol–water partition coefficient (Wildman–Crippen LogP) is 3.03. The molecular weight excluding hydrogens is 307 g/mol. The quantitative estimate of drug-likeness (QED) is 0.696. The summed E-state index contributed by atoms with van der Waals surface area (Å²) in [6, 6.07) is 4.74. The topological polar surface area (TPSA) is 60.1 Å². The van der Waals surface area contributed by atoms with E-state index in [1.807, 2.05) is 0 Å². The van der Waals surface area contributed by atoms with Crippen LogP contribution in [0.1, 0.15) is 11.1 Å². The Bertz CT molecular complexity index is 679. The molecule has 0 aliphatic rings. The SMILES string of the molecule is N#COc1cccc(C(F)(F)F)c1COc1ccn(S)n1. The van der Waals surface area contributed by atoms with Crippen molar-refractivity contribution in [2.24, 2.45) is 0 Å². The van der Waals surface area contributed by atoms with Crippen LogP contribution in [0.25, 0.3) is 0 Å². The van der Waals surface area contributed by atoms with Crippen LogP contribution in [0.5, 0.6) is 11.6 Å². The molecule has 1 heterocycles. The van der Waals surface area contributed by atoms with E-state index in [1.165, 1.54) is 24.6 Å². The highest BCUT2D eigenvalue weighted by molar-refractivity contribution is 7.78. The third kappa shape index (κ3) is 3.61. The monoisotopic (exact) mass is 315 g/mol. The number of hydrogen-bond acceptors (Lipinski definition) is 5. The van der Waals surface area contributed by atoms with Gasteiger partial charge in [0, 0.05) is 17.8 Å². The lowest BCUT2D eigenvalue weighted by Crippen LogP contribution is -2.12. The molecule has 0 aliphatic heterocycles. The van der Waals surface area contributed by atoms with Crippen LogP contribution in [0, 0.1) is 11.5 Å². The first-order valence-corrected chi connectivity index (χ1v) is 5.94. The minimum Gasteiger partial charge on any atom is -0.472 e. The molecule has 1 aromatic carbocycles. The number of nitriles is 1. The predicted molar refractivity (Wildman–Crippen MR) is 68.6 cm³/mol. The second kappa shape index (κ2) is 5.97. The fraction of sp³-hybridized carbons (Fsp3) is 0.167. The van der Waals surface area contributed by atoms with Crippen LogP contribution in [0.15, 0.2) is 30.5 Å². The van der Waals surface area contributed by atoms with Gasteiger partial charge in [0.1, 0.15) is 12.4 Å². The summed E-state index contributed by atoms with van der Waals surface area (Å²) >= 11 is 3.88. The largest absolute Gasteiger partial charge is 0.472 e. The van der Waals surface area contributed by atoms with E-state index in [9.17, 15) is 13.2 Å². The molecule has 9 heteroatoms. The normalized spacial score (nSPS) is 11.0. The van der Waals surface area contributed by atoms with E-state index in [2.05, 4.69) is 22.7 Å². The molecule has 0 radical (unpaired) electrons. The molecule has 110 valence electrons. The first kappa shape index (κ1) is 15.1. The highest BCUT2D eigenvalue weighted by Crippen LogP contribution is 2.36. The molecule has 5 nitrogen and oxygen atoms in total. The first-order chi connectivity index (χ1) is 9.91. The summed E-state index contributed by atoms with van der Waals surface area (Å²) in [4.78, 5) is 0. The van der Waals surface area contributed by atoms with Crippen molar-refractivity contribution < 1.29 is 22.6 Å². The summed E-state index contributed by atoms with van der Waals surface area (Å²) in [5.41, 5.74) is -1.21. The number of benzene rings is 1. The number of halogens is 3. The van der Waals surface area contributed by atoms with Crippen molar-refractivity contribution in [3.8, 4) is 17.9 Å². The standard InChI is InChI=1S/C12H8F3N3O2S/c13-12(14,15)9-2-1-3-10(20-7-16)8(9)6-19-11-4-5-18(21)17-11/h1-5,21H,6H2. The van der Waals surface area contributed by atoms with E-state index in [4.69, 9.17) is 10.00 Å². The summed E-state index contributed by atoms with van der Waals surface area (Å²) in [6.07, 6.45) is -1.78. The number of aromatic nitrogens is 2. The van der Waals surface area contributed by atoms with Gasteiger partial charge in [-0.1, -0.05) is 6.07 Å². The van der Waals surface area contributed by atoms with E-state index >= 15 is 0 Å². The third-order valence-corrected chi connectivity index (χ3v) is 2.73. The van der Waals surface area contributed by atoms with Crippen molar-refractivity contribution in [1.29, 1.82) is 5.26 Å². The van der Waals surface area contributed by atoms with Gasteiger partial charge in [-0.05, 0) is 24.9 Å². The highest BCUT2D eigenvalue weighted by Gasteiger charge is 2.35. The Morgan fingerprint density at radius 3 is 2.67 bits per heavy atom. The molecule has 2 aromatic rings. The van der Waals surface area contributed by atoms with Crippen molar-refractivity contribution in [3.63, 3.8) is 0 Å². The molecule has 0 saturated heterocycles. The molecule has 21 heavy (non-hydrogen) atoms. The van der Waals surface area contributed by atoms with Gasteiger partial charge in [-0.3, -0.25) is 0 Å². The van der Waals surface area contributed by atoms with E-state index in [-0.39, 0.29) is 17.2 Å². The summed E-state index contributed by atoms with van der Waals surface area (Å²) in [6.45, 7) is -0.447. The maximum atomic E-state index is 13.0. The second-order valence-corrected chi connectivity index (χ2v) is 4.25. The fourth-order valence-electron chi connectivity index (χ4n) is 1.65. The van der Waals surface area contributed by atoms with Crippen LogP contribution in [-0.4, -0.2) is 9.19 Å². The zero-order valence-electron chi connectivity index (χ0n) is 10.3. The molecule has 0 aliphatic carbocycles. The van der Waals surface area contributed by atoms with E-state index in [1.54, 1.807) is 0 Å². The lowest BCUT2D eigenvalue weighted by molar-refractivity contribution is -0.138. The van der Waals surface area contributed by atoms with Crippen molar-refractivity contribution in [2.75, 3.05) is 0 Å². The molecule has 0 saturated carbocycles. The number of thiol groups is 1. The van der Waals surface area contributed by atoms with Gasteiger partial charge in [0.15, 0.2) is 0 Å². The molecule has 2 rings (SSSR count). The lowest BCUT2D eigenvalue weighted by atomic mass is 10.1. The molecule has 0 amide bonds. The Morgan fingerprint density at radius 1 is 1.33 bits per heavy atom. The van der Waals surface area contributed by atoms with Crippen LogP contribution in [0.2, 0.25) is 0 Å².